The molecule has 1 N–H and O–H groups in total. The SMILES string of the molecule is N#Cc1c(Cl)nsc1NCC1=NOCC1. The molecular weight excluding hydrogens is 236 g/mol. The van der Waals surface area contributed by atoms with E-state index in [1.54, 1.807) is 0 Å². The van der Waals surface area contributed by atoms with Crippen molar-refractivity contribution in [3.05, 3.63) is 10.7 Å². The lowest BCUT2D eigenvalue weighted by atomic mass is 10.3. The molecular formula is C8H7ClN4OS. The lowest BCUT2D eigenvalue weighted by Gasteiger charge is -2.00. The smallest absolute Gasteiger partial charge is 0.162 e. The molecule has 1 aliphatic heterocycles. The Labute approximate surface area is 95.5 Å². The Bertz CT molecular complexity index is 436. The van der Waals surface area contributed by atoms with Crippen molar-refractivity contribution in [1.82, 2.24) is 4.37 Å². The van der Waals surface area contributed by atoms with Gasteiger partial charge in [-0.2, -0.15) is 9.64 Å². The molecule has 78 valence electrons. The van der Waals surface area contributed by atoms with Gasteiger partial charge in [0.1, 0.15) is 23.2 Å². The van der Waals surface area contributed by atoms with Crippen LogP contribution in [0.15, 0.2) is 5.16 Å². The maximum Gasteiger partial charge on any atom is 0.162 e. The molecule has 0 saturated heterocycles. The zero-order valence-corrected chi connectivity index (χ0v) is 9.23. The van der Waals surface area contributed by atoms with Gasteiger partial charge in [0.2, 0.25) is 0 Å². The highest BCUT2D eigenvalue weighted by Crippen LogP contribution is 2.27. The zero-order chi connectivity index (χ0) is 10.7. The Kier molecular flexibility index (Phi) is 3.04. The molecule has 0 unspecified atom stereocenters. The highest BCUT2D eigenvalue weighted by atomic mass is 35.5. The third-order valence-electron chi connectivity index (χ3n) is 1.89. The van der Waals surface area contributed by atoms with Gasteiger partial charge in [-0.15, -0.1) is 0 Å². The first-order valence-corrected chi connectivity index (χ1v) is 5.43. The first kappa shape index (κ1) is 10.2. The van der Waals surface area contributed by atoms with Gasteiger partial charge >= 0.3 is 0 Å². The molecule has 1 aromatic rings. The van der Waals surface area contributed by atoms with E-state index in [0.29, 0.717) is 23.7 Å². The second kappa shape index (κ2) is 4.47. The fraction of sp³-hybridized carbons (Fsp3) is 0.375. The van der Waals surface area contributed by atoms with Gasteiger partial charge < -0.3 is 10.2 Å². The monoisotopic (exact) mass is 242 g/mol. The number of nitrogens with zero attached hydrogens (tertiary/aromatic N) is 3. The zero-order valence-electron chi connectivity index (χ0n) is 7.66. The summed E-state index contributed by atoms with van der Waals surface area (Å²) in [4.78, 5) is 4.85. The van der Waals surface area contributed by atoms with E-state index < -0.39 is 0 Å². The van der Waals surface area contributed by atoms with E-state index in [4.69, 9.17) is 21.7 Å². The van der Waals surface area contributed by atoms with Crippen molar-refractivity contribution in [2.24, 2.45) is 5.16 Å². The summed E-state index contributed by atoms with van der Waals surface area (Å²) in [5.41, 5.74) is 1.32. The molecule has 2 heterocycles. The van der Waals surface area contributed by atoms with E-state index in [9.17, 15) is 0 Å². The first-order chi connectivity index (χ1) is 7.31. The molecule has 0 radical (unpaired) electrons. The number of halogens is 1. The molecule has 1 aliphatic rings. The Morgan fingerprint density at radius 1 is 1.67 bits per heavy atom. The molecule has 1 aromatic heterocycles. The predicted octanol–water partition coefficient (Wildman–Crippen LogP) is 1.86. The lowest BCUT2D eigenvalue weighted by molar-refractivity contribution is 0.173. The van der Waals surface area contributed by atoms with E-state index >= 15 is 0 Å². The van der Waals surface area contributed by atoms with Gasteiger partial charge in [0.15, 0.2) is 5.15 Å². The van der Waals surface area contributed by atoms with Crippen molar-refractivity contribution in [3.63, 3.8) is 0 Å². The molecule has 0 fully saturated rings. The molecule has 2 rings (SSSR count). The molecule has 0 atom stereocenters. The van der Waals surface area contributed by atoms with Gasteiger partial charge in [0, 0.05) is 6.42 Å². The third-order valence-corrected chi connectivity index (χ3v) is 3.07. The minimum Gasteiger partial charge on any atom is -0.395 e. The van der Waals surface area contributed by atoms with Crippen molar-refractivity contribution in [2.45, 2.75) is 6.42 Å². The van der Waals surface area contributed by atoms with Crippen LogP contribution in [0.2, 0.25) is 5.15 Å². The molecule has 0 bridgehead atoms. The number of nitriles is 1. The number of rotatable bonds is 3. The number of aromatic nitrogens is 1. The summed E-state index contributed by atoms with van der Waals surface area (Å²) in [5.74, 6) is 0. The van der Waals surface area contributed by atoms with E-state index in [-0.39, 0.29) is 5.15 Å². The minimum atomic E-state index is 0.245. The van der Waals surface area contributed by atoms with Gasteiger partial charge in [0.25, 0.3) is 0 Å². The van der Waals surface area contributed by atoms with Gasteiger partial charge in [-0.3, -0.25) is 0 Å². The van der Waals surface area contributed by atoms with E-state index in [2.05, 4.69) is 14.8 Å². The summed E-state index contributed by atoms with van der Waals surface area (Å²) in [6, 6.07) is 2.00. The summed E-state index contributed by atoms with van der Waals surface area (Å²) in [7, 11) is 0. The van der Waals surface area contributed by atoms with Gasteiger partial charge in [-0.25, -0.2) is 0 Å². The molecule has 5 nitrogen and oxygen atoms in total. The maximum atomic E-state index is 8.82. The topological polar surface area (TPSA) is 70.3 Å². The van der Waals surface area contributed by atoms with Crippen LogP contribution in [-0.2, 0) is 4.84 Å². The van der Waals surface area contributed by atoms with Crippen LogP contribution in [0.25, 0.3) is 0 Å². The Balaban J connectivity index is 2.02. The molecule has 0 aromatic carbocycles. The summed E-state index contributed by atoms with van der Waals surface area (Å²) in [6.07, 6.45) is 0.821. The summed E-state index contributed by atoms with van der Waals surface area (Å²) in [5, 5.41) is 16.6. The summed E-state index contributed by atoms with van der Waals surface area (Å²) < 4.78 is 3.88. The highest BCUT2D eigenvalue weighted by molar-refractivity contribution is 7.10. The summed E-state index contributed by atoms with van der Waals surface area (Å²) in [6.45, 7) is 1.19. The highest BCUT2D eigenvalue weighted by Gasteiger charge is 2.13. The normalized spacial score (nSPS) is 14.3. The Morgan fingerprint density at radius 3 is 3.20 bits per heavy atom. The fourth-order valence-corrected chi connectivity index (χ4v) is 2.07. The molecule has 15 heavy (non-hydrogen) atoms. The number of hydrogen-bond donors (Lipinski definition) is 1. The van der Waals surface area contributed by atoms with Crippen molar-refractivity contribution >= 4 is 33.8 Å². The first-order valence-electron chi connectivity index (χ1n) is 4.28. The van der Waals surface area contributed by atoms with Crippen LogP contribution < -0.4 is 5.32 Å². The van der Waals surface area contributed by atoms with Gasteiger partial charge in [-0.1, -0.05) is 16.8 Å². The van der Waals surface area contributed by atoms with Crippen LogP contribution in [0.4, 0.5) is 5.00 Å². The van der Waals surface area contributed by atoms with Gasteiger partial charge in [-0.05, 0) is 11.5 Å². The second-order valence-corrected chi connectivity index (χ2v) is 4.02. The molecule has 0 aliphatic carbocycles. The van der Waals surface area contributed by atoms with Crippen molar-refractivity contribution in [2.75, 3.05) is 18.5 Å². The largest absolute Gasteiger partial charge is 0.395 e. The number of anilines is 1. The quantitative estimate of drug-likeness (QED) is 0.878. The van der Waals surface area contributed by atoms with Gasteiger partial charge in [0.05, 0.1) is 12.3 Å². The van der Waals surface area contributed by atoms with Crippen LogP contribution in [0, 0.1) is 11.3 Å². The van der Waals surface area contributed by atoms with Crippen LogP contribution in [0.5, 0.6) is 0 Å². The fourth-order valence-electron chi connectivity index (χ4n) is 1.14. The van der Waals surface area contributed by atoms with Crippen LogP contribution >= 0.6 is 23.1 Å². The predicted molar refractivity (Wildman–Crippen MR) is 58.3 cm³/mol. The number of oxime groups is 1. The Hall–Kier alpha value is -1.32. The number of hydrogen-bond acceptors (Lipinski definition) is 6. The Morgan fingerprint density at radius 2 is 2.53 bits per heavy atom. The number of nitrogens with one attached hydrogen (secondary N) is 1. The van der Waals surface area contributed by atoms with Crippen molar-refractivity contribution in [3.8, 4) is 6.07 Å². The van der Waals surface area contributed by atoms with E-state index in [1.165, 1.54) is 11.5 Å². The third kappa shape index (κ3) is 2.19. The van der Waals surface area contributed by atoms with Crippen molar-refractivity contribution < 1.29 is 4.84 Å². The molecule has 0 spiro atoms. The maximum absolute atomic E-state index is 8.82. The summed E-state index contributed by atoms with van der Waals surface area (Å²) >= 11 is 6.90. The lowest BCUT2D eigenvalue weighted by Crippen LogP contribution is -2.11. The minimum absolute atomic E-state index is 0.245. The molecule has 7 heteroatoms. The van der Waals surface area contributed by atoms with E-state index in [0.717, 1.165) is 12.1 Å². The van der Waals surface area contributed by atoms with Crippen LogP contribution in [-0.4, -0.2) is 23.2 Å². The van der Waals surface area contributed by atoms with E-state index in [1.807, 2.05) is 6.07 Å². The molecule has 0 saturated carbocycles. The van der Waals surface area contributed by atoms with Crippen molar-refractivity contribution in [1.29, 1.82) is 5.26 Å². The average molecular weight is 243 g/mol. The second-order valence-electron chi connectivity index (χ2n) is 2.88. The molecule has 0 amide bonds. The van der Waals surface area contributed by atoms with Crippen LogP contribution in [0.3, 0.4) is 0 Å². The standard InChI is InChI=1S/C8H7ClN4OS/c9-7-6(3-10)8(15-13-7)11-4-5-1-2-14-12-5/h11H,1-2,4H2. The average Bonchev–Trinajstić information content (AvgIpc) is 2.84. The van der Waals surface area contributed by atoms with Crippen LogP contribution in [0.1, 0.15) is 12.0 Å².